The first-order valence-electron chi connectivity index (χ1n) is 8.74. The Morgan fingerprint density at radius 2 is 2.00 bits per heavy atom. The van der Waals surface area contributed by atoms with Gasteiger partial charge in [0.25, 0.3) is 0 Å². The third-order valence-electron chi connectivity index (χ3n) is 4.59. The number of nitrogens with zero attached hydrogens (tertiary/aromatic N) is 1. The third-order valence-corrected chi connectivity index (χ3v) is 5.60. The number of para-hydroxylation sites is 1. The molecule has 0 spiro atoms. The van der Waals surface area contributed by atoms with Crippen LogP contribution in [0.2, 0.25) is 0 Å². The van der Waals surface area contributed by atoms with E-state index in [-0.39, 0.29) is 11.7 Å². The van der Waals surface area contributed by atoms with Gasteiger partial charge in [-0.05, 0) is 43.2 Å². The predicted molar refractivity (Wildman–Crippen MR) is 106 cm³/mol. The Morgan fingerprint density at radius 1 is 1.19 bits per heavy atom. The summed E-state index contributed by atoms with van der Waals surface area (Å²) in [5, 5.41) is 0. The van der Waals surface area contributed by atoms with Crippen molar-refractivity contribution in [1.29, 1.82) is 0 Å². The molecule has 26 heavy (non-hydrogen) atoms. The van der Waals surface area contributed by atoms with Gasteiger partial charge < -0.3 is 9.64 Å². The highest BCUT2D eigenvalue weighted by molar-refractivity contribution is 7.98. The minimum atomic E-state index is 0.0433. The molecule has 0 N–H and O–H groups in total. The number of ketones is 1. The lowest BCUT2D eigenvalue weighted by Gasteiger charge is -2.17. The van der Waals surface area contributed by atoms with E-state index in [4.69, 9.17) is 4.74 Å². The summed E-state index contributed by atoms with van der Waals surface area (Å²) in [5.41, 5.74) is 3.98. The molecule has 2 aromatic rings. The monoisotopic (exact) mass is 369 g/mol. The first-order valence-corrected chi connectivity index (χ1v) is 9.89. The smallest absolute Gasteiger partial charge is 0.227 e. The van der Waals surface area contributed by atoms with E-state index in [9.17, 15) is 9.59 Å². The summed E-state index contributed by atoms with van der Waals surface area (Å²) in [6.07, 6.45) is 1.44. The van der Waals surface area contributed by atoms with E-state index >= 15 is 0 Å². The molecular formula is C21H23NO3S. The van der Waals surface area contributed by atoms with Crippen molar-refractivity contribution >= 4 is 29.1 Å². The maximum absolute atomic E-state index is 12.5. The van der Waals surface area contributed by atoms with Crippen molar-refractivity contribution in [2.45, 2.75) is 25.5 Å². The van der Waals surface area contributed by atoms with Crippen LogP contribution >= 0.6 is 11.8 Å². The van der Waals surface area contributed by atoms with Gasteiger partial charge in [-0.3, -0.25) is 9.59 Å². The lowest BCUT2D eigenvalue weighted by Crippen LogP contribution is -2.29. The van der Waals surface area contributed by atoms with Crippen LogP contribution in [0, 0.1) is 0 Å². The summed E-state index contributed by atoms with van der Waals surface area (Å²) >= 11 is 1.69. The van der Waals surface area contributed by atoms with E-state index in [0.29, 0.717) is 17.7 Å². The zero-order chi connectivity index (χ0) is 18.5. The summed E-state index contributed by atoms with van der Waals surface area (Å²) in [7, 11) is 1.63. The number of methoxy groups -OCH3 is 1. The number of hydrogen-bond acceptors (Lipinski definition) is 4. The molecule has 1 amide bonds. The van der Waals surface area contributed by atoms with Gasteiger partial charge in [0, 0.05) is 41.3 Å². The second-order valence-corrected chi connectivity index (χ2v) is 7.41. The molecule has 0 unspecified atom stereocenters. The van der Waals surface area contributed by atoms with E-state index in [0.717, 1.165) is 35.7 Å². The summed E-state index contributed by atoms with van der Waals surface area (Å²) in [6.45, 7) is 2.34. The molecular weight excluding hydrogens is 346 g/mol. The Labute approximate surface area is 158 Å². The van der Waals surface area contributed by atoms with Gasteiger partial charge >= 0.3 is 0 Å². The Balaban J connectivity index is 1.54. The van der Waals surface area contributed by atoms with E-state index < -0.39 is 0 Å². The number of benzene rings is 2. The maximum Gasteiger partial charge on any atom is 0.227 e. The Kier molecular flexibility index (Phi) is 5.99. The number of hydrogen-bond donors (Lipinski definition) is 0. The third kappa shape index (κ3) is 4.10. The normalized spacial score (nSPS) is 12.8. The van der Waals surface area contributed by atoms with Gasteiger partial charge in [0.15, 0.2) is 5.78 Å². The second-order valence-electron chi connectivity index (χ2n) is 6.31. The minimum absolute atomic E-state index is 0.0433. The number of ether oxygens (including phenoxy) is 1. The van der Waals surface area contributed by atoms with E-state index in [1.807, 2.05) is 35.2 Å². The molecule has 5 heteroatoms. The molecule has 0 bridgehead atoms. The fourth-order valence-corrected chi connectivity index (χ4v) is 4.09. The molecule has 3 rings (SSSR count). The van der Waals surface area contributed by atoms with Crippen LogP contribution in [0.3, 0.4) is 0 Å². The zero-order valence-electron chi connectivity index (χ0n) is 15.2. The quantitative estimate of drug-likeness (QED) is 0.544. The van der Waals surface area contributed by atoms with E-state index in [1.165, 1.54) is 5.56 Å². The molecule has 0 saturated heterocycles. The van der Waals surface area contributed by atoms with Crippen molar-refractivity contribution in [3.8, 4) is 5.75 Å². The number of rotatable bonds is 7. The molecule has 2 aromatic carbocycles. The second kappa shape index (κ2) is 8.41. The number of carbonyl (C=O) groups excluding carboxylic acids is 2. The number of thioether (sulfide) groups is 1. The highest BCUT2D eigenvalue weighted by Crippen LogP contribution is 2.29. The SMILES string of the molecule is COc1ccc(C(C)=O)cc1CSCCC(=O)N1CCc2ccccc21. The lowest BCUT2D eigenvalue weighted by molar-refractivity contribution is -0.118. The van der Waals surface area contributed by atoms with Gasteiger partial charge in [-0.15, -0.1) is 0 Å². The summed E-state index contributed by atoms with van der Waals surface area (Å²) < 4.78 is 5.38. The van der Waals surface area contributed by atoms with Gasteiger partial charge in [-0.1, -0.05) is 18.2 Å². The molecule has 0 fully saturated rings. The summed E-state index contributed by atoms with van der Waals surface area (Å²) in [5.74, 6) is 2.45. The average Bonchev–Trinajstić information content (AvgIpc) is 3.09. The zero-order valence-corrected chi connectivity index (χ0v) is 16.0. The number of amides is 1. The van der Waals surface area contributed by atoms with Crippen LogP contribution in [0.25, 0.3) is 0 Å². The number of Topliss-reactive ketones (excluding diaryl/α,β-unsaturated/α-hetero) is 1. The number of anilines is 1. The lowest BCUT2D eigenvalue weighted by atomic mass is 10.1. The molecule has 0 radical (unpaired) electrons. The fourth-order valence-electron chi connectivity index (χ4n) is 3.18. The molecule has 0 saturated carbocycles. The molecule has 1 aliphatic rings. The van der Waals surface area contributed by atoms with Crippen LogP contribution in [0.1, 0.15) is 34.8 Å². The molecule has 0 aromatic heterocycles. The van der Waals surface area contributed by atoms with Crippen LogP contribution in [0.4, 0.5) is 5.69 Å². The Bertz CT molecular complexity index is 819. The molecule has 1 aliphatic heterocycles. The van der Waals surface area contributed by atoms with Crippen LogP contribution in [-0.4, -0.2) is 31.1 Å². The van der Waals surface area contributed by atoms with E-state index in [1.54, 1.807) is 31.9 Å². The highest BCUT2D eigenvalue weighted by atomic mass is 32.2. The van der Waals surface area contributed by atoms with Gasteiger partial charge in [-0.25, -0.2) is 0 Å². The minimum Gasteiger partial charge on any atom is -0.496 e. The molecule has 1 heterocycles. The van der Waals surface area contributed by atoms with Crippen LogP contribution in [0.15, 0.2) is 42.5 Å². The molecule has 136 valence electrons. The first kappa shape index (κ1) is 18.5. The van der Waals surface area contributed by atoms with Crippen molar-refractivity contribution in [2.75, 3.05) is 24.3 Å². The van der Waals surface area contributed by atoms with Crippen molar-refractivity contribution in [3.63, 3.8) is 0 Å². The topological polar surface area (TPSA) is 46.6 Å². The molecule has 4 nitrogen and oxygen atoms in total. The van der Waals surface area contributed by atoms with Crippen LogP contribution < -0.4 is 9.64 Å². The average molecular weight is 369 g/mol. The van der Waals surface area contributed by atoms with E-state index in [2.05, 4.69) is 6.07 Å². The van der Waals surface area contributed by atoms with Gasteiger partial charge in [0.1, 0.15) is 5.75 Å². The maximum atomic E-state index is 12.5. The van der Waals surface area contributed by atoms with Gasteiger partial charge in [0.05, 0.1) is 7.11 Å². The molecule has 0 atom stereocenters. The summed E-state index contributed by atoms with van der Waals surface area (Å²) in [4.78, 5) is 26.0. The van der Waals surface area contributed by atoms with Crippen molar-refractivity contribution in [1.82, 2.24) is 0 Å². The van der Waals surface area contributed by atoms with Gasteiger partial charge in [0.2, 0.25) is 5.91 Å². The van der Waals surface area contributed by atoms with Crippen LogP contribution in [-0.2, 0) is 17.0 Å². The Morgan fingerprint density at radius 3 is 2.77 bits per heavy atom. The molecule has 0 aliphatic carbocycles. The standard InChI is InChI=1S/C21H23NO3S/c1-15(23)17-7-8-20(25-2)18(13-17)14-26-12-10-21(24)22-11-9-16-5-3-4-6-19(16)22/h3-8,13H,9-12,14H2,1-2H3. The number of carbonyl (C=O) groups is 2. The van der Waals surface area contributed by atoms with Gasteiger partial charge in [-0.2, -0.15) is 11.8 Å². The summed E-state index contributed by atoms with van der Waals surface area (Å²) in [6, 6.07) is 13.6. The number of fused-ring (bicyclic) bond motifs is 1. The van der Waals surface area contributed by atoms with Crippen molar-refractivity contribution < 1.29 is 14.3 Å². The van der Waals surface area contributed by atoms with Crippen LogP contribution in [0.5, 0.6) is 5.75 Å². The largest absolute Gasteiger partial charge is 0.496 e. The fraction of sp³-hybridized carbons (Fsp3) is 0.333. The van der Waals surface area contributed by atoms with Crippen molar-refractivity contribution in [3.05, 3.63) is 59.2 Å². The first-order chi connectivity index (χ1) is 12.6. The van der Waals surface area contributed by atoms with Crippen molar-refractivity contribution in [2.24, 2.45) is 0 Å². The highest BCUT2D eigenvalue weighted by Gasteiger charge is 2.23. The Hall–Kier alpha value is -2.27. The predicted octanol–water partition coefficient (Wildman–Crippen LogP) is 4.11.